The van der Waals surface area contributed by atoms with E-state index >= 15 is 0 Å². The van der Waals surface area contributed by atoms with E-state index in [1.807, 2.05) is 0 Å². The summed E-state index contributed by atoms with van der Waals surface area (Å²) in [4.78, 5) is 1.27. The number of alkyl halides is 1. The first-order valence-corrected chi connectivity index (χ1v) is 10.4. The number of hydrogen-bond acceptors (Lipinski definition) is 3. The van der Waals surface area contributed by atoms with Crippen LogP contribution >= 0.6 is 38.9 Å². The molecule has 0 aliphatic heterocycles. The van der Waals surface area contributed by atoms with Crippen LogP contribution in [0.15, 0.2) is 14.7 Å². The van der Waals surface area contributed by atoms with Gasteiger partial charge in [-0.2, -0.15) is 4.31 Å². The molecule has 2 saturated carbocycles. The normalized spacial score (nSPS) is 19.8. The van der Waals surface area contributed by atoms with Gasteiger partial charge in [-0.25, -0.2) is 8.42 Å². The zero-order valence-electron chi connectivity index (χ0n) is 11.0. The van der Waals surface area contributed by atoms with Crippen molar-refractivity contribution in [1.29, 1.82) is 0 Å². The zero-order chi connectivity index (χ0) is 14.3. The number of hydrogen-bond donors (Lipinski definition) is 0. The highest BCUT2D eigenvalue weighted by atomic mass is 79.9. The van der Waals surface area contributed by atoms with Gasteiger partial charge >= 0.3 is 0 Å². The topological polar surface area (TPSA) is 37.4 Å². The van der Waals surface area contributed by atoms with Gasteiger partial charge in [-0.3, -0.25) is 0 Å². The van der Waals surface area contributed by atoms with E-state index in [1.54, 1.807) is 10.4 Å². The molecule has 0 atom stereocenters. The zero-order valence-corrected chi connectivity index (χ0v) is 15.0. The molecule has 2 aliphatic rings. The third-order valence-electron chi connectivity index (χ3n) is 3.77. The summed E-state index contributed by atoms with van der Waals surface area (Å²) in [6.07, 6.45) is 4.64. The van der Waals surface area contributed by atoms with Crippen molar-refractivity contribution in [3.8, 4) is 0 Å². The Kier molecular flexibility index (Phi) is 4.49. The smallest absolute Gasteiger partial charge is 0.207 e. The summed E-state index contributed by atoms with van der Waals surface area (Å²) < 4.78 is 28.1. The Balaban J connectivity index is 1.86. The summed E-state index contributed by atoms with van der Waals surface area (Å²) in [5.41, 5.74) is 0. The molecular weight excluding hydrogens is 382 g/mol. The summed E-state index contributed by atoms with van der Waals surface area (Å²) in [6, 6.07) is 1.71. The van der Waals surface area contributed by atoms with Crippen molar-refractivity contribution in [3.05, 3.63) is 14.7 Å². The van der Waals surface area contributed by atoms with E-state index in [9.17, 15) is 8.42 Å². The van der Waals surface area contributed by atoms with Gasteiger partial charge in [-0.1, -0.05) is 0 Å². The van der Waals surface area contributed by atoms with Crippen LogP contribution in [0.3, 0.4) is 0 Å². The second-order valence-corrected chi connectivity index (χ2v) is 10.3. The van der Waals surface area contributed by atoms with E-state index in [-0.39, 0.29) is 0 Å². The number of sulfonamides is 1. The van der Waals surface area contributed by atoms with Crippen molar-refractivity contribution >= 4 is 48.9 Å². The molecule has 7 heteroatoms. The lowest BCUT2D eigenvalue weighted by Gasteiger charge is -2.21. The molecule has 2 fully saturated rings. The van der Waals surface area contributed by atoms with E-state index in [2.05, 4.69) is 15.9 Å². The molecule has 0 spiro atoms. The molecule has 1 heterocycles. The molecule has 1 aromatic heterocycles. The minimum absolute atomic E-state index is 0.351. The molecule has 0 amide bonds. The molecule has 20 heavy (non-hydrogen) atoms. The van der Waals surface area contributed by atoms with E-state index in [4.69, 9.17) is 11.6 Å². The van der Waals surface area contributed by atoms with Crippen LogP contribution in [0.4, 0.5) is 0 Å². The standard InChI is InChI=1S/C13H17BrClNO2S2/c14-13-12(5-11(6-15)19-13)20(17,18)16(7-9-1-2-9)8-10-3-4-10/h5,9-10H,1-4,6-8H2. The van der Waals surface area contributed by atoms with Gasteiger partial charge < -0.3 is 0 Å². The number of thiophene rings is 1. The molecule has 0 unspecified atom stereocenters. The fourth-order valence-corrected chi connectivity index (χ4v) is 6.54. The minimum Gasteiger partial charge on any atom is -0.207 e. The highest BCUT2D eigenvalue weighted by molar-refractivity contribution is 9.11. The van der Waals surface area contributed by atoms with E-state index < -0.39 is 10.0 Å². The van der Waals surface area contributed by atoms with Gasteiger partial charge in [0.15, 0.2) is 0 Å². The van der Waals surface area contributed by atoms with Crippen LogP contribution < -0.4 is 0 Å². The Bertz CT molecular complexity index is 580. The molecule has 0 radical (unpaired) electrons. The van der Waals surface area contributed by atoms with Crippen LogP contribution in [-0.4, -0.2) is 25.8 Å². The van der Waals surface area contributed by atoms with Gasteiger partial charge in [0.05, 0.1) is 9.67 Å². The number of nitrogens with zero attached hydrogens (tertiary/aromatic N) is 1. The Morgan fingerprint density at radius 3 is 2.20 bits per heavy atom. The van der Waals surface area contributed by atoms with Gasteiger partial charge in [0.1, 0.15) is 4.90 Å². The molecule has 2 aliphatic carbocycles. The van der Waals surface area contributed by atoms with Gasteiger partial charge in [0.2, 0.25) is 10.0 Å². The van der Waals surface area contributed by atoms with E-state index in [1.165, 1.54) is 11.3 Å². The largest absolute Gasteiger partial charge is 0.245 e. The van der Waals surface area contributed by atoms with Crippen LogP contribution in [0.25, 0.3) is 0 Å². The van der Waals surface area contributed by atoms with Crippen molar-refractivity contribution < 1.29 is 8.42 Å². The Morgan fingerprint density at radius 1 is 1.25 bits per heavy atom. The first kappa shape index (κ1) is 15.3. The lowest BCUT2D eigenvalue weighted by molar-refractivity contribution is 0.382. The lowest BCUT2D eigenvalue weighted by Crippen LogP contribution is -2.34. The van der Waals surface area contributed by atoms with Crippen molar-refractivity contribution in [3.63, 3.8) is 0 Å². The first-order chi connectivity index (χ1) is 9.50. The Labute approximate surface area is 137 Å². The molecule has 0 bridgehead atoms. The predicted molar refractivity (Wildman–Crippen MR) is 85.8 cm³/mol. The molecular formula is C13H17BrClNO2S2. The molecule has 1 aromatic rings. The SMILES string of the molecule is O=S(=O)(c1cc(CCl)sc1Br)N(CC1CC1)CC1CC1. The fraction of sp³-hybridized carbons (Fsp3) is 0.692. The fourth-order valence-electron chi connectivity index (χ4n) is 2.23. The predicted octanol–water partition coefficient (Wildman–Crippen LogP) is 4.06. The molecule has 112 valence electrons. The van der Waals surface area contributed by atoms with Gasteiger partial charge in [0.25, 0.3) is 0 Å². The average Bonchev–Trinajstić information content (AvgIpc) is 3.30. The van der Waals surface area contributed by atoms with Crippen molar-refractivity contribution in [2.45, 2.75) is 36.5 Å². The second kappa shape index (κ2) is 5.88. The van der Waals surface area contributed by atoms with Crippen LogP contribution in [0.1, 0.15) is 30.6 Å². The van der Waals surface area contributed by atoms with Crippen LogP contribution in [0, 0.1) is 11.8 Å². The van der Waals surface area contributed by atoms with E-state index in [0.717, 1.165) is 30.6 Å². The van der Waals surface area contributed by atoms with Crippen LogP contribution in [0.5, 0.6) is 0 Å². The highest BCUT2D eigenvalue weighted by Crippen LogP contribution is 2.39. The maximum Gasteiger partial charge on any atom is 0.245 e. The molecule has 0 aromatic carbocycles. The van der Waals surface area contributed by atoms with Gasteiger partial charge in [-0.05, 0) is 59.5 Å². The first-order valence-electron chi connectivity index (χ1n) is 6.85. The third kappa shape index (κ3) is 3.40. The van der Waals surface area contributed by atoms with Crippen molar-refractivity contribution in [2.75, 3.05) is 13.1 Å². The van der Waals surface area contributed by atoms with Gasteiger partial charge in [0, 0.05) is 18.0 Å². The Morgan fingerprint density at radius 2 is 1.80 bits per heavy atom. The summed E-state index contributed by atoms with van der Waals surface area (Å²) >= 11 is 10.6. The van der Waals surface area contributed by atoms with E-state index in [0.29, 0.717) is 39.5 Å². The van der Waals surface area contributed by atoms with Crippen LogP contribution in [-0.2, 0) is 15.9 Å². The monoisotopic (exact) mass is 397 g/mol. The van der Waals surface area contributed by atoms with Gasteiger partial charge in [-0.15, -0.1) is 22.9 Å². The van der Waals surface area contributed by atoms with Crippen molar-refractivity contribution in [2.24, 2.45) is 11.8 Å². The lowest BCUT2D eigenvalue weighted by atomic mass is 10.4. The summed E-state index contributed by atoms with van der Waals surface area (Å²) in [7, 11) is -3.39. The maximum absolute atomic E-state index is 12.9. The minimum atomic E-state index is -3.39. The number of rotatable bonds is 7. The third-order valence-corrected chi connectivity index (χ3v) is 8.30. The molecule has 3 rings (SSSR count). The molecule has 3 nitrogen and oxygen atoms in total. The second-order valence-electron chi connectivity index (χ2n) is 5.69. The van der Waals surface area contributed by atoms with Crippen LogP contribution in [0.2, 0.25) is 0 Å². The summed E-state index contributed by atoms with van der Waals surface area (Å²) in [5, 5.41) is 0. The summed E-state index contributed by atoms with van der Waals surface area (Å²) in [5.74, 6) is 1.48. The quantitative estimate of drug-likeness (QED) is 0.649. The maximum atomic E-state index is 12.9. The summed E-state index contributed by atoms with van der Waals surface area (Å²) in [6.45, 7) is 1.36. The Hall–Kier alpha value is 0.380. The molecule has 0 saturated heterocycles. The van der Waals surface area contributed by atoms with Crippen molar-refractivity contribution in [1.82, 2.24) is 4.31 Å². The average molecular weight is 399 g/mol. The number of halogens is 2. The highest BCUT2D eigenvalue weighted by Gasteiger charge is 2.37. The molecule has 0 N–H and O–H groups in total.